The minimum Gasteiger partial charge on any atom is -0.391 e. The van der Waals surface area contributed by atoms with Crippen molar-refractivity contribution in [2.75, 3.05) is 40.9 Å². The van der Waals surface area contributed by atoms with Gasteiger partial charge in [-0.3, -0.25) is 13.8 Å². The largest absolute Gasteiger partial charge is 0.472 e. The van der Waals surface area contributed by atoms with E-state index in [0.717, 1.165) is 64.2 Å². The van der Waals surface area contributed by atoms with E-state index in [-0.39, 0.29) is 19.1 Å². The zero-order valence-electron chi connectivity index (χ0n) is 34.8. The Balaban J connectivity index is 4.42. The number of phosphoric acid groups is 1. The fourth-order valence-electron chi connectivity index (χ4n) is 6.19. The molecule has 0 rings (SSSR count). The molecule has 52 heavy (non-hydrogen) atoms. The third-order valence-corrected chi connectivity index (χ3v) is 10.7. The van der Waals surface area contributed by atoms with Crippen LogP contribution in [-0.4, -0.2) is 73.4 Å². The van der Waals surface area contributed by atoms with Gasteiger partial charge in [-0.25, -0.2) is 4.57 Å². The van der Waals surface area contributed by atoms with Crippen molar-refractivity contribution in [2.45, 2.75) is 206 Å². The van der Waals surface area contributed by atoms with Crippen molar-refractivity contribution in [3.63, 3.8) is 0 Å². The topological polar surface area (TPSA) is 105 Å². The standard InChI is InChI=1S/C43H85N2O6P/c1-6-8-10-12-14-16-18-20-22-23-25-27-29-31-33-35-37-43(47)44-41(40-51-52(48,49)50-39-38-45(3,4)5)42(46)36-34-32-30-28-26-24-21-19-17-15-13-11-9-7-2/h16,18,22-23,41-42,46H,6-15,17,19-21,24-40H2,1-5H3,(H-,44,47,48,49)/p+1/b18-16-,23-22-. The van der Waals surface area contributed by atoms with E-state index in [1.165, 1.54) is 103 Å². The second-order valence-corrected chi connectivity index (χ2v) is 17.5. The van der Waals surface area contributed by atoms with Gasteiger partial charge in [-0.05, 0) is 44.9 Å². The van der Waals surface area contributed by atoms with Crippen LogP contribution < -0.4 is 5.32 Å². The molecular weight excluding hydrogens is 671 g/mol. The van der Waals surface area contributed by atoms with Crippen molar-refractivity contribution in [1.29, 1.82) is 0 Å². The SMILES string of the molecule is CCCCCC/C=C\C/C=C\CCCCCCCC(=O)NC(COP(=O)(O)OCC[N+](C)(C)C)C(O)CCCCCCCCCCCCCCCC. The quantitative estimate of drug-likeness (QED) is 0.0250. The Morgan fingerprint density at radius 2 is 1.10 bits per heavy atom. The number of nitrogens with zero attached hydrogens (tertiary/aromatic N) is 1. The van der Waals surface area contributed by atoms with Crippen LogP contribution in [0.4, 0.5) is 0 Å². The molecule has 0 spiro atoms. The predicted octanol–water partition coefficient (Wildman–Crippen LogP) is 11.7. The van der Waals surface area contributed by atoms with E-state index in [4.69, 9.17) is 9.05 Å². The van der Waals surface area contributed by atoms with Crippen LogP contribution in [0.3, 0.4) is 0 Å². The van der Waals surface area contributed by atoms with Gasteiger partial charge in [0.05, 0.1) is 39.9 Å². The Morgan fingerprint density at radius 1 is 0.654 bits per heavy atom. The minimum absolute atomic E-state index is 0.0722. The minimum atomic E-state index is -4.31. The van der Waals surface area contributed by atoms with Crippen LogP contribution in [0.15, 0.2) is 24.3 Å². The smallest absolute Gasteiger partial charge is 0.391 e. The first kappa shape index (κ1) is 51.0. The highest BCUT2D eigenvalue weighted by Crippen LogP contribution is 2.43. The van der Waals surface area contributed by atoms with E-state index in [9.17, 15) is 19.4 Å². The van der Waals surface area contributed by atoms with Gasteiger partial charge in [-0.1, -0.05) is 167 Å². The Kier molecular flexibility index (Phi) is 35.0. The lowest BCUT2D eigenvalue weighted by Crippen LogP contribution is -2.46. The molecule has 0 aliphatic heterocycles. The number of carbonyl (C=O) groups is 1. The number of nitrogens with one attached hydrogen (secondary N) is 1. The van der Waals surface area contributed by atoms with Crippen LogP contribution in [0.2, 0.25) is 0 Å². The zero-order chi connectivity index (χ0) is 38.6. The van der Waals surface area contributed by atoms with Crippen LogP contribution in [0.5, 0.6) is 0 Å². The van der Waals surface area contributed by atoms with E-state index in [1.54, 1.807) is 0 Å². The number of amides is 1. The fourth-order valence-corrected chi connectivity index (χ4v) is 6.93. The van der Waals surface area contributed by atoms with Gasteiger partial charge in [0, 0.05) is 6.42 Å². The van der Waals surface area contributed by atoms with E-state index in [1.807, 2.05) is 21.1 Å². The number of hydrogen-bond donors (Lipinski definition) is 3. The Labute approximate surface area is 322 Å². The van der Waals surface area contributed by atoms with E-state index in [0.29, 0.717) is 23.9 Å². The first-order valence-electron chi connectivity index (χ1n) is 21.7. The molecule has 0 radical (unpaired) electrons. The monoisotopic (exact) mass is 758 g/mol. The molecule has 0 aromatic rings. The molecule has 0 bridgehead atoms. The highest BCUT2D eigenvalue weighted by molar-refractivity contribution is 7.47. The summed E-state index contributed by atoms with van der Waals surface area (Å²) in [5, 5.41) is 13.9. The molecule has 0 aliphatic carbocycles. The van der Waals surface area contributed by atoms with Gasteiger partial charge in [0.15, 0.2) is 0 Å². The molecule has 0 heterocycles. The summed E-state index contributed by atoms with van der Waals surface area (Å²) in [5.41, 5.74) is 0. The second-order valence-electron chi connectivity index (χ2n) is 16.1. The molecule has 0 aromatic carbocycles. The van der Waals surface area contributed by atoms with Gasteiger partial charge in [-0.2, -0.15) is 0 Å². The third-order valence-electron chi connectivity index (χ3n) is 9.70. The highest BCUT2D eigenvalue weighted by Gasteiger charge is 2.28. The summed E-state index contributed by atoms with van der Waals surface area (Å²) in [4.78, 5) is 23.1. The summed E-state index contributed by atoms with van der Waals surface area (Å²) in [6.45, 7) is 4.85. The van der Waals surface area contributed by atoms with Gasteiger partial charge in [-0.15, -0.1) is 0 Å². The summed E-state index contributed by atoms with van der Waals surface area (Å²) in [6.07, 6.45) is 40.5. The normalized spacial score (nSPS) is 14.7. The molecule has 3 atom stereocenters. The maximum atomic E-state index is 12.9. The molecular formula is C43H86N2O6P+. The maximum Gasteiger partial charge on any atom is 0.472 e. The van der Waals surface area contributed by atoms with Crippen molar-refractivity contribution in [1.82, 2.24) is 5.32 Å². The van der Waals surface area contributed by atoms with Crippen molar-refractivity contribution < 1.29 is 32.9 Å². The molecule has 8 nitrogen and oxygen atoms in total. The molecule has 0 saturated carbocycles. The maximum absolute atomic E-state index is 12.9. The van der Waals surface area contributed by atoms with Crippen molar-refractivity contribution in [3.8, 4) is 0 Å². The lowest BCUT2D eigenvalue weighted by molar-refractivity contribution is -0.870. The highest BCUT2D eigenvalue weighted by atomic mass is 31.2. The van der Waals surface area contributed by atoms with E-state index < -0.39 is 20.0 Å². The molecule has 308 valence electrons. The van der Waals surface area contributed by atoms with Gasteiger partial charge >= 0.3 is 7.82 Å². The predicted molar refractivity (Wildman–Crippen MR) is 221 cm³/mol. The number of rotatable bonds is 39. The van der Waals surface area contributed by atoms with Gasteiger partial charge in [0.25, 0.3) is 0 Å². The second kappa shape index (κ2) is 35.7. The molecule has 0 fully saturated rings. The summed E-state index contributed by atoms with van der Waals surface area (Å²) < 4.78 is 23.6. The first-order chi connectivity index (χ1) is 25.0. The average molecular weight is 758 g/mol. The molecule has 0 aromatic heterocycles. The number of aliphatic hydroxyl groups is 1. The molecule has 0 saturated heterocycles. The number of quaternary nitrogens is 1. The van der Waals surface area contributed by atoms with E-state index in [2.05, 4.69) is 43.5 Å². The van der Waals surface area contributed by atoms with Crippen LogP contribution in [-0.2, 0) is 18.4 Å². The molecule has 1 amide bonds. The zero-order valence-corrected chi connectivity index (χ0v) is 35.7. The number of likely N-dealkylation sites (N-methyl/N-ethyl adjacent to an activating group) is 1. The van der Waals surface area contributed by atoms with E-state index >= 15 is 0 Å². The number of aliphatic hydroxyl groups excluding tert-OH is 1. The average Bonchev–Trinajstić information content (AvgIpc) is 3.09. The molecule has 3 unspecified atom stereocenters. The summed E-state index contributed by atoms with van der Waals surface area (Å²) in [6, 6.07) is -0.764. The number of carbonyl (C=O) groups excluding carboxylic acids is 1. The summed E-state index contributed by atoms with van der Waals surface area (Å²) in [7, 11) is 1.61. The van der Waals surface area contributed by atoms with Crippen LogP contribution in [0.25, 0.3) is 0 Å². The Hall–Kier alpha value is -1.02. The number of allylic oxidation sites excluding steroid dienone is 4. The van der Waals surface area contributed by atoms with Crippen molar-refractivity contribution >= 4 is 13.7 Å². The van der Waals surface area contributed by atoms with Gasteiger partial charge in [0.1, 0.15) is 13.2 Å². The summed E-state index contributed by atoms with van der Waals surface area (Å²) in [5.74, 6) is -0.159. The van der Waals surface area contributed by atoms with Gasteiger partial charge < -0.3 is 19.8 Å². The third kappa shape index (κ3) is 37.3. The molecule has 3 N–H and O–H groups in total. The van der Waals surface area contributed by atoms with Gasteiger partial charge in [0.2, 0.25) is 5.91 Å². The molecule has 0 aliphatic rings. The Bertz CT molecular complexity index is 907. The lowest BCUT2D eigenvalue weighted by Gasteiger charge is -2.26. The van der Waals surface area contributed by atoms with Crippen LogP contribution in [0, 0.1) is 0 Å². The van der Waals surface area contributed by atoms with Crippen molar-refractivity contribution in [3.05, 3.63) is 24.3 Å². The van der Waals surface area contributed by atoms with Crippen LogP contribution >= 0.6 is 7.82 Å². The number of phosphoric ester groups is 1. The van der Waals surface area contributed by atoms with Crippen molar-refractivity contribution in [2.24, 2.45) is 0 Å². The summed E-state index contributed by atoms with van der Waals surface area (Å²) >= 11 is 0. The number of hydrogen-bond acceptors (Lipinski definition) is 5. The molecule has 9 heteroatoms. The fraction of sp³-hybridized carbons (Fsp3) is 0.884. The lowest BCUT2D eigenvalue weighted by atomic mass is 10.0. The van der Waals surface area contributed by atoms with Crippen LogP contribution in [0.1, 0.15) is 194 Å². The Morgan fingerprint density at radius 3 is 1.60 bits per heavy atom. The first-order valence-corrected chi connectivity index (χ1v) is 23.2. The number of unbranched alkanes of at least 4 members (excludes halogenated alkanes) is 22.